The molecule has 0 aliphatic heterocycles. The van der Waals surface area contributed by atoms with E-state index < -0.39 is 0 Å². The quantitative estimate of drug-likeness (QED) is 0.717. The van der Waals surface area contributed by atoms with Crippen molar-refractivity contribution in [3.05, 3.63) is 18.2 Å². The topological polar surface area (TPSA) is 59.6 Å². The Kier molecular flexibility index (Phi) is 7.32. The number of ether oxygens (including phenoxy) is 2. The molecule has 0 aliphatic carbocycles. The Balaban J connectivity index is 2.66. The lowest BCUT2D eigenvalue weighted by Crippen LogP contribution is -2.29. The molecule has 1 rings (SSSR count). The number of unbranched alkanes of at least 4 members (excludes halogenated alkanes) is 1. The Morgan fingerprint density at radius 3 is 2.45 bits per heavy atom. The molecule has 1 aromatic carbocycles. The fourth-order valence-electron chi connectivity index (χ4n) is 1.68. The van der Waals surface area contributed by atoms with Crippen LogP contribution in [0.3, 0.4) is 0 Å². The summed E-state index contributed by atoms with van der Waals surface area (Å²) in [7, 11) is 0. The van der Waals surface area contributed by atoms with Crippen molar-refractivity contribution in [3.8, 4) is 11.5 Å². The maximum absolute atomic E-state index is 11.7. The molecule has 0 spiro atoms. The van der Waals surface area contributed by atoms with Crippen molar-refractivity contribution >= 4 is 11.7 Å². The number of amides is 2. The Labute approximate surface area is 120 Å². The van der Waals surface area contributed by atoms with Crippen LogP contribution in [0.5, 0.6) is 11.5 Å². The first-order chi connectivity index (χ1) is 9.71. The van der Waals surface area contributed by atoms with Gasteiger partial charge in [-0.15, -0.1) is 0 Å². The molecule has 2 N–H and O–H groups in total. The van der Waals surface area contributed by atoms with Crippen LogP contribution in [0.4, 0.5) is 10.5 Å². The van der Waals surface area contributed by atoms with Crippen LogP contribution >= 0.6 is 0 Å². The summed E-state index contributed by atoms with van der Waals surface area (Å²) in [5, 5.41) is 5.58. The van der Waals surface area contributed by atoms with E-state index in [4.69, 9.17) is 9.47 Å². The van der Waals surface area contributed by atoms with E-state index in [9.17, 15) is 4.79 Å². The molecule has 2 amide bonds. The largest absolute Gasteiger partial charge is 0.490 e. The molecule has 112 valence electrons. The van der Waals surface area contributed by atoms with Crippen molar-refractivity contribution in [3.63, 3.8) is 0 Å². The zero-order valence-corrected chi connectivity index (χ0v) is 12.5. The van der Waals surface area contributed by atoms with Crippen LogP contribution < -0.4 is 20.1 Å². The summed E-state index contributed by atoms with van der Waals surface area (Å²) < 4.78 is 11.0. The maximum atomic E-state index is 11.7. The summed E-state index contributed by atoms with van der Waals surface area (Å²) in [5.74, 6) is 1.33. The number of rotatable bonds is 8. The van der Waals surface area contributed by atoms with Gasteiger partial charge in [0.05, 0.1) is 13.2 Å². The van der Waals surface area contributed by atoms with Crippen molar-refractivity contribution in [2.24, 2.45) is 0 Å². The molecule has 0 unspecified atom stereocenters. The smallest absolute Gasteiger partial charge is 0.319 e. The van der Waals surface area contributed by atoms with E-state index in [-0.39, 0.29) is 6.03 Å². The van der Waals surface area contributed by atoms with Crippen LogP contribution in [0.1, 0.15) is 33.6 Å². The normalized spacial score (nSPS) is 9.95. The second-order valence-corrected chi connectivity index (χ2v) is 4.26. The van der Waals surface area contributed by atoms with Gasteiger partial charge in [-0.3, -0.25) is 0 Å². The second kappa shape index (κ2) is 9.07. The molecule has 0 atom stereocenters. The lowest BCUT2D eigenvalue weighted by atomic mass is 10.2. The molecular formula is C15H24N2O3. The van der Waals surface area contributed by atoms with Crippen LogP contribution in [-0.4, -0.2) is 25.8 Å². The summed E-state index contributed by atoms with van der Waals surface area (Å²) in [6.45, 7) is 7.71. The molecule has 0 aliphatic rings. The molecule has 0 saturated heterocycles. The minimum atomic E-state index is -0.204. The SMILES string of the molecule is CCCCNC(=O)Nc1ccc(OCC)c(OCC)c1. The number of hydrogen-bond donors (Lipinski definition) is 2. The second-order valence-electron chi connectivity index (χ2n) is 4.26. The number of carbonyl (C=O) groups is 1. The summed E-state index contributed by atoms with van der Waals surface area (Å²) in [6, 6.07) is 5.17. The van der Waals surface area contributed by atoms with Crippen molar-refractivity contribution in [2.75, 3.05) is 25.1 Å². The summed E-state index contributed by atoms with van der Waals surface area (Å²) in [5.41, 5.74) is 0.686. The first-order valence-corrected chi connectivity index (χ1v) is 7.15. The van der Waals surface area contributed by atoms with Crippen LogP contribution in [0.2, 0.25) is 0 Å². The number of hydrogen-bond acceptors (Lipinski definition) is 3. The number of carbonyl (C=O) groups excluding carboxylic acids is 1. The molecule has 0 aromatic heterocycles. The molecule has 1 aromatic rings. The van der Waals surface area contributed by atoms with Crippen LogP contribution in [-0.2, 0) is 0 Å². The average molecular weight is 280 g/mol. The van der Waals surface area contributed by atoms with E-state index in [0.29, 0.717) is 36.9 Å². The number of nitrogens with one attached hydrogen (secondary N) is 2. The Hall–Kier alpha value is -1.91. The van der Waals surface area contributed by atoms with E-state index in [1.165, 1.54) is 0 Å². The third-order valence-electron chi connectivity index (χ3n) is 2.62. The van der Waals surface area contributed by atoms with Gasteiger partial charge < -0.3 is 20.1 Å². The number of benzene rings is 1. The molecule has 0 radical (unpaired) electrons. The van der Waals surface area contributed by atoms with Gasteiger partial charge in [0.1, 0.15) is 0 Å². The van der Waals surface area contributed by atoms with Gasteiger partial charge in [0.25, 0.3) is 0 Å². The molecule has 20 heavy (non-hydrogen) atoms. The Morgan fingerprint density at radius 2 is 1.80 bits per heavy atom. The average Bonchev–Trinajstić information content (AvgIpc) is 2.42. The van der Waals surface area contributed by atoms with Gasteiger partial charge in [0, 0.05) is 18.3 Å². The van der Waals surface area contributed by atoms with Crippen molar-refractivity contribution in [1.82, 2.24) is 5.32 Å². The zero-order chi connectivity index (χ0) is 14.8. The van der Waals surface area contributed by atoms with Crippen LogP contribution in [0, 0.1) is 0 Å². The van der Waals surface area contributed by atoms with E-state index in [1.54, 1.807) is 18.2 Å². The highest BCUT2D eigenvalue weighted by Crippen LogP contribution is 2.30. The van der Waals surface area contributed by atoms with Crippen molar-refractivity contribution in [2.45, 2.75) is 33.6 Å². The molecule has 0 bridgehead atoms. The van der Waals surface area contributed by atoms with Gasteiger partial charge in [-0.2, -0.15) is 0 Å². The Morgan fingerprint density at radius 1 is 1.10 bits per heavy atom. The first kappa shape index (κ1) is 16.1. The minimum Gasteiger partial charge on any atom is -0.490 e. The molecule has 0 heterocycles. The summed E-state index contributed by atoms with van der Waals surface area (Å²) in [4.78, 5) is 11.7. The molecular weight excluding hydrogens is 256 g/mol. The fourth-order valence-corrected chi connectivity index (χ4v) is 1.68. The molecule has 5 heteroatoms. The van der Waals surface area contributed by atoms with Crippen LogP contribution in [0.15, 0.2) is 18.2 Å². The van der Waals surface area contributed by atoms with Gasteiger partial charge in [0.2, 0.25) is 0 Å². The van der Waals surface area contributed by atoms with E-state index in [0.717, 1.165) is 12.8 Å². The highest BCUT2D eigenvalue weighted by Gasteiger charge is 2.08. The third-order valence-corrected chi connectivity index (χ3v) is 2.62. The van der Waals surface area contributed by atoms with Gasteiger partial charge in [0.15, 0.2) is 11.5 Å². The third kappa shape index (κ3) is 5.38. The van der Waals surface area contributed by atoms with Gasteiger partial charge in [-0.25, -0.2) is 4.79 Å². The fraction of sp³-hybridized carbons (Fsp3) is 0.533. The summed E-state index contributed by atoms with van der Waals surface area (Å²) >= 11 is 0. The Bertz CT molecular complexity index is 422. The highest BCUT2D eigenvalue weighted by molar-refractivity contribution is 5.89. The van der Waals surface area contributed by atoms with Gasteiger partial charge >= 0.3 is 6.03 Å². The number of anilines is 1. The van der Waals surface area contributed by atoms with Crippen molar-refractivity contribution < 1.29 is 14.3 Å². The maximum Gasteiger partial charge on any atom is 0.319 e. The molecule has 0 fully saturated rings. The molecule has 0 saturated carbocycles. The molecule has 5 nitrogen and oxygen atoms in total. The van der Waals surface area contributed by atoms with Crippen LogP contribution in [0.25, 0.3) is 0 Å². The van der Waals surface area contributed by atoms with E-state index in [1.807, 2.05) is 13.8 Å². The van der Waals surface area contributed by atoms with Gasteiger partial charge in [-0.1, -0.05) is 13.3 Å². The predicted octanol–water partition coefficient (Wildman–Crippen LogP) is 3.41. The number of urea groups is 1. The summed E-state index contributed by atoms with van der Waals surface area (Å²) in [6.07, 6.45) is 2.03. The lowest BCUT2D eigenvalue weighted by Gasteiger charge is -2.13. The standard InChI is InChI=1S/C15H24N2O3/c1-4-7-10-16-15(18)17-12-8-9-13(19-5-2)14(11-12)20-6-3/h8-9,11H,4-7,10H2,1-3H3,(H2,16,17,18). The van der Waals surface area contributed by atoms with E-state index in [2.05, 4.69) is 17.6 Å². The van der Waals surface area contributed by atoms with Crippen molar-refractivity contribution in [1.29, 1.82) is 0 Å². The predicted molar refractivity (Wildman–Crippen MR) is 80.7 cm³/mol. The lowest BCUT2D eigenvalue weighted by molar-refractivity contribution is 0.252. The zero-order valence-electron chi connectivity index (χ0n) is 12.5. The first-order valence-electron chi connectivity index (χ1n) is 7.15. The van der Waals surface area contributed by atoms with E-state index >= 15 is 0 Å². The van der Waals surface area contributed by atoms with Gasteiger partial charge in [-0.05, 0) is 32.4 Å². The minimum absolute atomic E-state index is 0.204. The monoisotopic (exact) mass is 280 g/mol. The highest BCUT2D eigenvalue weighted by atomic mass is 16.5.